The highest BCUT2D eigenvalue weighted by Crippen LogP contribution is 2.33. The lowest BCUT2D eigenvalue weighted by atomic mass is 10.1. The zero-order valence-electron chi connectivity index (χ0n) is 11.4. The molecule has 0 bridgehead atoms. The Morgan fingerprint density at radius 1 is 1.33 bits per heavy atom. The molecule has 0 aliphatic heterocycles. The summed E-state index contributed by atoms with van der Waals surface area (Å²) < 4.78 is 0. The van der Waals surface area contributed by atoms with Crippen molar-refractivity contribution < 1.29 is 0 Å². The van der Waals surface area contributed by atoms with Gasteiger partial charge < -0.3 is 10.2 Å². The van der Waals surface area contributed by atoms with Gasteiger partial charge in [0.2, 0.25) is 0 Å². The van der Waals surface area contributed by atoms with Crippen LogP contribution in [0.1, 0.15) is 32.3 Å². The van der Waals surface area contributed by atoms with Crippen LogP contribution in [0.2, 0.25) is 5.02 Å². The van der Waals surface area contributed by atoms with Crippen molar-refractivity contribution in [2.45, 2.75) is 33.2 Å². The summed E-state index contributed by atoms with van der Waals surface area (Å²) in [6.07, 6.45) is 2.79. The fourth-order valence-corrected chi connectivity index (χ4v) is 2.47. The molecule has 1 saturated carbocycles. The van der Waals surface area contributed by atoms with Gasteiger partial charge in [0.15, 0.2) is 0 Å². The molecule has 0 amide bonds. The van der Waals surface area contributed by atoms with Crippen molar-refractivity contribution in [3.8, 4) is 0 Å². The maximum absolute atomic E-state index is 6.12. The first-order valence-corrected chi connectivity index (χ1v) is 7.36. The summed E-state index contributed by atoms with van der Waals surface area (Å²) in [6.45, 7) is 8.50. The number of nitrogens with one attached hydrogen (secondary N) is 1. The molecule has 0 spiro atoms. The van der Waals surface area contributed by atoms with Crippen LogP contribution in [0.5, 0.6) is 0 Å². The predicted molar refractivity (Wildman–Crippen MR) is 79.4 cm³/mol. The zero-order chi connectivity index (χ0) is 13.0. The Balaban J connectivity index is 2.16. The number of halogens is 1. The van der Waals surface area contributed by atoms with Crippen LogP contribution >= 0.6 is 11.6 Å². The standard InChI is InChI=1S/C15H23ClN2/c1-3-17-10-13-9-14(16)7-8-15(13)18(4-2)11-12-5-6-12/h7-9,12,17H,3-6,10-11H2,1-2H3. The van der Waals surface area contributed by atoms with E-state index in [0.29, 0.717) is 0 Å². The van der Waals surface area contributed by atoms with E-state index in [2.05, 4.69) is 36.2 Å². The lowest BCUT2D eigenvalue weighted by molar-refractivity contribution is 0.706. The van der Waals surface area contributed by atoms with Crippen LogP contribution in [0.4, 0.5) is 5.69 Å². The third-order valence-electron chi connectivity index (χ3n) is 3.50. The quantitative estimate of drug-likeness (QED) is 0.810. The Morgan fingerprint density at radius 2 is 2.11 bits per heavy atom. The monoisotopic (exact) mass is 266 g/mol. The third-order valence-corrected chi connectivity index (χ3v) is 3.74. The van der Waals surface area contributed by atoms with Crippen LogP contribution in [-0.4, -0.2) is 19.6 Å². The zero-order valence-corrected chi connectivity index (χ0v) is 12.1. The summed E-state index contributed by atoms with van der Waals surface area (Å²) in [7, 11) is 0. The third kappa shape index (κ3) is 3.63. The number of nitrogens with zero attached hydrogens (tertiary/aromatic N) is 1. The van der Waals surface area contributed by atoms with Gasteiger partial charge in [0, 0.05) is 30.3 Å². The maximum atomic E-state index is 6.12. The second-order valence-electron chi connectivity index (χ2n) is 5.04. The van der Waals surface area contributed by atoms with E-state index >= 15 is 0 Å². The fraction of sp³-hybridized carbons (Fsp3) is 0.600. The van der Waals surface area contributed by atoms with E-state index in [1.165, 1.54) is 30.6 Å². The van der Waals surface area contributed by atoms with Crippen molar-refractivity contribution in [3.05, 3.63) is 28.8 Å². The van der Waals surface area contributed by atoms with Gasteiger partial charge in [-0.25, -0.2) is 0 Å². The first-order valence-electron chi connectivity index (χ1n) is 6.98. The maximum Gasteiger partial charge on any atom is 0.0412 e. The molecule has 1 aromatic rings. The van der Waals surface area contributed by atoms with E-state index in [1.54, 1.807) is 0 Å². The van der Waals surface area contributed by atoms with Crippen LogP contribution in [0.15, 0.2) is 18.2 Å². The molecule has 1 N–H and O–H groups in total. The molecule has 0 aromatic heterocycles. The Morgan fingerprint density at radius 3 is 2.72 bits per heavy atom. The first-order chi connectivity index (χ1) is 8.74. The number of hydrogen-bond acceptors (Lipinski definition) is 2. The Labute approximate surface area is 115 Å². The summed E-state index contributed by atoms with van der Waals surface area (Å²) in [4.78, 5) is 2.49. The lowest BCUT2D eigenvalue weighted by Crippen LogP contribution is -2.27. The smallest absolute Gasteiger partial charge is 0.0412 e. The fourth-order valence-electron chi connectivity index (χ4n) is 2.27. The molecule has 1 aliphatic rings. The Bertz CT molecular complexity index is 388. The van der Waals surface area contributed by atoms with Crippen molar-refractivity contribution in [1.82, 2.24) is 5.32 Å². The van der Waals surface area contributed by atoms with E-state index in [4.69, 9.17) is 11.6 Å². The van der Waals surface area contributed by atoms with E-state index in [0.717, 1.165) is 30.6 Å². The summed E-state index contributed by atoms with van der Waals surface area (Å²) in [5.74, 6) is 0.910. The molecule has 2 nitrogen and oxygen atoms in total. The van der Waals surface area contributed by atoms with Crippen LogP contribution in [0.25, 0.3) is 0 Å². The van der Waals surface area contributed by atoms with Crippen LogP contribution < -0.4 is 10.2 Å². The van der Waals surface area contributed by atoms with Gasteiger partial charge in [-0.1, -0.05) is 18.5 Å². The normalized spacial score (nSPS) is 14.8. The van der Waals surface area contributed by atoms with Crippen molar-refractivity contribution >= 4 is 17.3 Å². The minimum absolute atomic E-state index is 0.828. The highest BCUT2D eigenvalue weighted by atomic mass is 35.5. The van der Waals surface area contributed by atoms with Gasteiger partial charge in [0.25, 0.3) is 0 Å². The van der Waals surface area contributed by atoms with E-state index < -0.39 is 0 Å². The molecular formula is C15H23ClN2. The van der Waals surface area contributed by atoms with Gasteiger partial charge in [-0.2, -0.15) is 0 Å². The second kappa shape index (κ2) is 6.44. The average molecular weight is 267 g/mol. The van der Waals surface area contributed by atoms with Crippen LogP contribution in [0.3, 0.4) is 0 Å². The summed E-state index contributed by atoms with van der Waals surface area (Å²) in [6, 6.07) is 6.26. The number of rotatable bonds is 7. The summed E-state index contributed by atoms with van der Waals surface area (Å²) in [5.41, 5.74) is 2.65. The number of hydrogen-bond donors (Lipinski definition) is 1. The SMILES string of the molecule is CCNCc1cc(Cl)ccc1N(CC)CC1CC1. The molecule has 0 saturated heterocycles. The van der Waals surface area contributed by atoms with E-state index in [1.807, 2.05) is 6.07 Å². The molecule has 0 unspecified atom stereocenters. The number of anilines is 1. The molecule has 0 heterocycles. The molecule has 18 heavy (non-hydrogen) atoms. The van der Waals surface area contributed by atoms with Crippen LogP contribution in [0, 0.1) is 5.92 Å². The number of benzene rings is 1. The van der Waals surface area contributed by atoms with E-state index in [-0.39, 0.29) is 0 Å². The van der Waals surface area contributed by atoms with Crippen LogP contribution in [-0.2, 0) is 6.54 Å². The molecule has 1 aliphatic carbocycles. The van der Waals surface area contributed by atoms with Crippen molar-refractivity contribution in [2.75, 3.05) is 24.5 Å². The van der Waals surface area contributed by atoms with Gasteiger partial charge >= 0.3 is 0 Å². The Hall–Kier alpha value is -0.730. The average Bonchev–Trinajstić information content (AvgIpc) is 3.18. The molecule has 1 aromatic carbocycles. The topological polar surface area (TPSA) is 15.3 Å². The highest BCUT2D eigenvalue weighted by molar-refractivity contribution is 6.30. The first kappa shape index (κ1) is 13.7. The summed E-state index contributed by atoms with van der Waals surface area (Å²) >= 11 is 6.12. The van der Waals surface area contributed by atoms with Crippen molar-refractivity contribution in [1.29, 1.82) is 0 Å². The van der Waals surface area contributed by atoms with Gasteiger partial charge in [0.05, 0.1) is 0 Å². The highest BCUT2D eigenvalue weighted by Gasteiger charge is 2.24. The van der Waals surface area contributed by atoms with Crippen molar-refractivity contribution in [3.63, 3.8) is 0 Å². The minimum Gasteiger partial charge on any atom is -0.371 e. The van der Waals surface area contributed by atoms with Gasteiger partial charge in [-0.05, 0) is 56.0 Å². The van der Waals surface area contributed by atoms with E-state index in [9.17, 15) is 0 Å². The molecule has 0 radical (unpaired) electrons. The van der Waals surface area contributed by atoms with Gasteiger partial charge in [0.1, 0.15) is 0 Å². The molecule has 3 heteroatoms. The molecular weight excluding hydrogens is 244 g/mol. The minimum atomic E-state index is 0.828. The van der Waals surface area contributed by atoms with Crippen molar-refractivity contribution in [2.24, 2.45) is 5.92 Å². The lowest BCUT2D eigenvalue weighted by Gasteiger charge is -2.26. The molecule has 1 fully saturated rings. The second-order valence-corrected chi connectivity index (χ2v) is 5.47. The predicted octanol–water partition coefficient (Wildman–Crippen LogP) is 3.69. The Kier molecular flexibility index (Phi) is 4.90. The summed E-state index contributed by atoms with van der Waals surface area (Å²) in [5, 5.41) is 4.22. The molecule has 2 rings (SSSR count). The largest absolute Gasteiger partial charge is 0.371 e. The van der Waals surface area contributed by atoms with Gasteiger partial charge in [-0.15, -0.1) is 0 Å². The molecule has 0 atom stereocenters. The molecule has 100 valence electrons. The van der Waals surface area contributed by atoms with Gasteiger partial charge in [-0.3, -0.25) is 0 Å².